The van der Waals surface area contributed by atoms with Crippen molar-refractivity contribution in [3.8, 4) is 0 Å². The molecule has 0 aliphatic carbocycles. The van der Waals surface area contributed by atoms with Crippen molar-refractivity contribution in [1.29, 1.82) is 0 Å². The number of rotatable bonds is 8. The van der Waals surface area contributed by atoms with E-state index < -0.39 is 16.1 Å². The van der Waals surface area contributed by atoms with Gasteiger partial charge in [-0.2, -0.15) is 5.10 Å². The molecule has 0 fully saturated rings. The highest BCUT2D eigenvalue weighted by Gasteiger charge is 2.20. The Morgan fingerprint density at radius 2 is 2.21 bits per heavy atom. The van der Waals surface area contributed by atoms with Crippen LogP contribution in [0.25, 0.3) is 0 Å². The highest BCUT2D eigenvalue weighted by molar-refractivity contribution is 7.89. The normalized spacial score (nSPS) is 13.9. The van der Waals surface area contributed by atoms with Crippen molar-refractivity contribution in [2.45, 2.75) is 31.0 Å². The van der Waals surface area contributed by atoms with E-state index in [1.54, 1.807) is 4.90 Å². The Morgan fingerprint density at radius 3 is 2.79 bits per heavy atom. The second-order valence-electron chi connectivity index (χ2n) is 4.66. The van der Waals surface area contributed by atoms with E-state index in [0.717, 1.165) is 6.42 Å². The van der Waals surface area contributed by atoms with E-state index in [9.17, 15) is 13.5 Å². The van der Waals surface area contributed by atoms with Crippen molar-refractivity contribution >= 4 is 10.0 Å². The van der Waals surface area contributed by atoms with Crippen LogP contribution in [0.2, 0.25) is 0 Å². The summed E-state index contributed by atoms with van der Waals surface area (Å²) < 4.78 is 28.0. The van der Waals surface area contributed by atoms with Crippen LogP contribution in [0.5, 0.6) is 0 Å². The number of nitrogens with one attached hydrogen (secondary N) is 1. The summed E-state index contributed by atoms with van der Waals surface area (Å²) in [5.74, 6) is 0. The topological polar surface area (TPSA) is 87.5 Å². The maximum absolute atomic E-state index is 12.1. The van der Waals surface area contributed by atoms with Crippen LogP contribution < -0.4 is 4.72 Å². The largest absolute Gasteiger partial charge is 0.390 e. The van der Waals surface area contributed by atoms with Gasteiger partial charge in [-0.25, -0.2) is 13.1 Å². The van der Waals surface area contributed by atoms with Gasteiger partial charge in [0.05, 0.1) is 12.3 Å². The molecule has 0 aliphatic heterocycles. The number of hydrogen-bond donors (Lipinski definition) is 2. The van der Waals surface area contributed by atoms with Crippen LogP contribution in [0.15, 0.2) is 17.3 Å². The van der Waals surface area contributed by atoms with Crippen molar-refractivity contribution in [3.63, 3.8) is 0 Å². The van der Waals surface area contributed by atoms with Gasteiger partial charge in [-0.1, -0.05) is 6.92 Å². The number of aliphatic hydroxyl groups excluding tert-OH is 1. The molecule has 19 heavy (non-hydrogen) atoms. The van der Waals surface area contributed by atoms with Crippen LogP contribution in [0, 0.1) is 0 Å². The van der Waals surface area contributed by atoms with Gasteiger partial charge in [-0.15, -0.1) is 0 Å². The van der Waals surface area contributed by atoms with Crippen molar-refractivity contribution in [1.82, 2.24) is 19.4 Å². The Labute approximate surface area is 114 Å². The highest BCUT2D eigenvalue weighted by atomic mass is 32.2. The molecule has 2 N–H and O–H groups in total. The standard InChI is InChI=1S/C11H22N4O3S/c1-4-7-15-11(5-6-12-15)19(17,18)13-8-10(16)9-14(2)3/h5-6,10,13,16H,4,7-9H2,1-3H3/t10-/m0/s1. The van der Waals surface area contributed by atoms with Gasteiger partial charge in [0.1, 0.15) is 0 Å². The summed E-state index contributed by atoms with van der Waals surface area (Å²) in [4.78, 5) is 1.79. The molecule has 0 spiro atoms. The lowest BCUT2D eigenvalue weighted by atomic mass is 10.3. The molecule has 110 valence electrons. The number of likely N-dealkylation sites (N-methyl/N-ethyl adjacent to an activating group) is 1. The summed E-state index contributed by atoms with van der Waals surface area (Å²) in [6.45, 7) is 2.88. The molecular formula is C11H22N4O3S. The van der Waals surface area contributed by atoms with Gasteiger partial charge in [0.2, 0.25) is 0 Å². The first-order valence-corrected chi connectivity index (χ1v) is 7.69. The van der Waals surface area contributed by atoms with Crippen LogP contribution in [0.3, 0.4) is 0 Å². The lowest BCUT2D eigenvalue weighted by Crippen LogP contribution is -2.38. The summed E-state index contributed by atoms with van der Waals surface area (Å²) in [6.07, 6.45) is 1.51. The molecule has 1 aromatic heterocycles. The van der Waals surface area contributed by atoms with Crippen molar-refractivity contribution in [2.24, 2.45) is 0 Å². The molecule has 0 radical (unpaired) electrons. The van der Waals surface area contributed by atoms with E-state index >= 15 is 0 Å². The first-order chi connectivity index (χ1) is 8.86. The molecule has 8 heteroatoms. The monoisotopic (exact) mass is 290 g/mol. The molecule has 1 atom stereocenters. The van der Waals surface area contributed by atoms with Crippen molar-refractivity contribution in [3.05, 3.63) is 12.3 Å². The molecule has 0 aliphatic rings. The third-order valence-corrected chi connectivity index (χ3v) is 3.92. The number of aromatic nitrogens is 2. The fourth-order valence-electron chi connectivity index (χ4n) is 1.69. The fourth-order valence-corrected chi connectivity index (χ4v) is 2.91. The zero-order chi connectivity index (χ0) is 14.5. The summed E-state index contributed by atoms with van der Waals surface area (Å²) >= 11 is 0. The summed E-state index contributed by atoms with van der Waals surface area (Å²) in [7, 11) is -0.00164. The van der Waals surface area contributed by atoms with Crippen LogP contribution in [-0.4, -0.2) is 61.5 Å². The minimum absolute atomic E-state index is 0.0161. The zero-order valence-corrected chi connectivity index (χ0v) is 12.4. The van der Waals surface area contributed by atoms with Gasteiger partial charge in [0, 0.05) is 19.6 Å². The number of sulfonamides is 1. The predicted molar refractivity (Wildman–Crippen MR) is 72.3 cm³/mol. The van der Waals surface area contributed by atoms with Gasteiger partial charge in [-0.05, 0) is 26.6 Å². The molecule has 7 nitrogen and oxygen atoms in total. The number of hydrogen-bond acceptors (Lipinski definition) is 5. The zero-order valence-electron chi connectivity index (χ0n) is 11.6. The Hall–Kier alpha value is -0.960. The third-order valence-electron chi connectivity index (χ3n) is 2.47. The average molecular weight is 290 g/mol. The van der Waals surface area contributed by atoms with Gasteiger partial charge < -0.3 is 10.0 Å². The Bertz CT molecular complexity index is 484. The smallest absolute Gasteiger partial charge is 0.257 e. The second kappa shape index (κ2) is 6.99. The predicted octanol–water partition coefficient (Wildman–Crippen LogP) is -0.506. The molecule has 0 aromatic carbocycles. The van der Waals surface area contributed by atoms with Crippen LogP contribution in [-0.2, 0) is 16.6 Å². The number of nitrogens with zero attached hydrogens (tertiary/aromatic N) is 3. The molecular weight excluding hydrogens is 268 g/mol. The van der Waals surface area contributed by atoms with E-state index in [1.807, 2.05) is 21.0 Å². The van der Waals surface area contributed by atoms with E-state index in [4.69, 9.17) is 0 Å². The molecule has 1 rings (SSSR count). The minimum atomic E-state index is -3.63. The van der Waals surface area contributed by atoms with Gasteiger partial charge in [0.25, 0.3) is 10.0 Å². The quantitative estimate of drug-likeness (QED) is 0.673. The lowest BCUT2D eigenvalue weighted by molar-refractivity contribution is 0.140. The fraction of sp³-hybridized carbons (Fsp3) is 0.727. The van der Waals surface area contributed by atoms with Crippen molar-refractivity contribution in [2.75, 3.05) is 27.2 Å². The van der Waals surface area contributed by atoms with Crippen LogP contribution >= 0.6 is 0 Å². The Balaban J connectivity index is 2.68. The maximum atomic E-state index is 12.1. The molecule has 1 aromatic rings. The first kappa shape index (κ1) is 16.1. The van der Waals surface area contributed by atoms with E-state index in [2.05, 4.69) is 9.82 Å². The third kappa shape index (κ3) is 4.90. The lowest BCUT2D eigenvalue weighted by Gasteiger charge is -2.16. The van der Waals surface area contributed by atoms with Crippen molar-refractivity contribution < 1.29 is 13.5 Å². The molecule has 0 saturated heterocycles. The Morgan fingerprint density at radius 1 is 1.53 bits per heavy atom. The summed E-state index contributed by atoms with van der Waals surface area (Å²) in [6, 6.07) is 1.45. The van der Waals surface area contributed by atoms with E-state index in [1.165, 1.54) is 16.9 Å². The average Bonchev–Trinajstić information content (AvgIpc) is 2.75. The molecule has 0 amide bonds. The van der Waals surface area contributed by atoms with Crippen LogP contribution in [0.1, 0.15) is 13.3 Å². The highest BCUT2D eigenvalue weighted by Crippen LogP contribution is 2.08. The maximum Gasteiger partial charge on any atom is 0.257 e. The molecule has 1 heterocycles. The van der Waals surface area contributed by atoms with Gasteiger partial charge in [0.15, 0.2) is 5.03 Å². The molecule has 0 bridgehead atoms. The van der Waals surface area contributed by atoms with E-state index in [-0.39, 0.29) is 11.6 Å². The SMILES string of the molecule is CCCn1nccc1S(=O)(=O)NC[C@H](O)CN(C)C. The van der Waals surface area contributed by atoms with Gasteiger partial charge in [-0.3, -0.25) is 4.68 Å². The van der Waals surface area contributed by atoms with E-state index in [0.29, 0.717) is 13.1 Å². The molecule has 0 saturated carbocycles. The number of aliphatic hydroxyl groups is 1. The molecule has 0 unspecified atom stereocenters. The second-order valence-corrected chi connectivity index (χ2v) is 6.37. The Kier molecular flexibility index (Phi) is 5.92. The van der Waals surface area contributed by atoms with Crippen LogP contribution in [0.4, 0.5) is 0 Å². The van der Waals surface area contributed by atoms with Gasteiger partial charge >= 0.3 is 0 Å². The number of aryl methyl sites for hydroxylation is 1. The summed E-state index contributed by atoms with van der Waals surface area (Å²) in [5.41, 5.74) is 0. The minimum Gasteiger partial charge on any atom is -0.390 e. The first-order valence-electron chi connectivity index (χ1n) is 6.21. The summed E-state index contributed by atoms with van der Waals surface area (Å²) in [5, 5.41) is 13.8.